The Bertz CT molecular complexity index is 873. The van der Waals surface area contributed by atoms with E-state index in [4.69, 9.17) is 14.0 Å². The van der Waals surface area contributed by atoms with Gasteiger partial charge in [0.15, 0.2) is 0 Å². The number of aromatic carboxylic acids is 1. The molecule has 1 amide bonds. The fourth-order valence-electron chi connectivity index (χ4n) is 5.94. The van der Waals surface area contributed by atoms with Crippen LogP contribution in [0.1, 0.15) is 56.5 Å². The number of carboxylic acid groups (broad SMARTS) is 1. The van der Waals surface area contributed by atoms with Gasteiger partial charge in [-0.3, -0.25) is 4.79 Å². The molecule has 2 N–H and O–H groups in total. The molecule has 3 aliphatic carbocycles. The number of carbonyl (C=O) groups excluding carboxylic acids is 1. The molecule has 1 saturated heterocycles. The van der Waals surface area contributed by atoms with Crippen LogP contribution in [0, 0.1) is 17.3 Å². The van der Waals surface area contributed by atoms with Gasteiger partial charge in [0.25, 0.3) is 0 Å². The Morgan fingerprint density at radius 3 is 2.67 bits per heavy atom. The molecule has 1 aliphatic heterocycles. The second kappa shape index (κ2) is 7.27. The lowest BCUT2D eigenvalue weighted by atomic mass is 9.43. The van der Waals surface area contributed by atoms with E-state index >= 15 is 0 Å². The minimum Gasteiger partial charge on any atom is -0.496 e. The molecular formula is C22H30BNO6. The molecule has 5 unspecified atom stereocenters. The third kappa shape index (κ3) is 3.21. The van der Waals surface area contributed by atoms with Crippen LogP contribution in [-0.2, 0) is 20.5 Å². The van der Waals surface area contributed by atoms with Crippen molar-refractivity contribution in [3.8, 4) is 5.75 Å². The summed E-state index contributed by atoms with van der Waals surface area (Å²) in [6.07, 6.45) is 2.45. The number of hydrogen-bond donors (Lipinski definition) is 2. The lowest BCUT2D eigenvalue weighted by Gasteiger charge is -2.64. The molecule has 1 heterocycles. The highest BCUT2D eigenvalue weighted by Crippen LogP contribution is 2.65. The molecule has 4 aliphatic rings. The number of ether oxygens (including phenoxy) is 1. The third-order valence-electron chi connectivity index (χ3n) is 7.66. The Hall–Kier alpha value is -2.06. The number of hydrogen-bond acceptors (Lipinski definition) is 5. The number of benzene rings is 1. The van der Waals surface area contributed by atoms with Crippen molar-refractivity contribution in [3.05, 3.63) is 29.3 Å². The van der Waals surface area contributed by atoms with E-state index < -0.39 is 19.0 Å². The van der Waals surface area contributed by atoms with Gasteiger partial charge in [0.05, 0.1) is 24.8 Å². The lowest BCUT2D eigenvalue weighted by molar-refractivity contribution is -0.199. The van der Waals surface area contributed by atoms with Gasteiger partial charge in [-0.15, -0.1) is 0 Å². The monoisotopic (exact) mass is 415 g/mol. The molecule has 1 aromatic rings. The predicted octanol–water partition coefficient (Wildman–Crippen LogP) is 2.71. The topological polar surface area (TPSA) is 94.1 Å². The van der Waals surface area contributed by atoms with E-state index in [1.165, 1.54) is 20.1 Å². The second-order valence-electron chi connectivity index (χ2n) is 9.65. The summed E-state index contributed by atoms with van der Waals surface area (Å²) in [6, 6.07) is 5.00. The number of nitrogens with one attached hydrogen (secondary N) is 1. The maximum atomic E-state index is 12.0. The molecule has 3 saturated carbocycles. The van der Waals surface area contributed by atoms with Gasteiger partial charge >= 0.3 is 13.1 Å². The second-order valence-corrected chi connectivity index (χ2v) is 9.65. The minimum absolute atomic E-state index is 0.00258. The average Bonchev–Trinajstić information content (AvgIpc) is 3.03. The fourth-order valence-corrected chi connectivity index (χ4v) is 5.94. The van der Waals surface area contributed by atoms with Gasteiger partial charge in [-0.2, -0.15) is 0 Å². The zero-order chi connectivity index (χ0) is 21.8. The molecular weight excluding hydrogens is 385 g/mol. The van der Waals surface area contributed by atoms with Crippen molar-refractivity contribution in [3.63, 3.8) is 0 Å². The van der Waals surface area contributed by atoms with Crippen LogP contribution >= 0.6 is 0 Å². The van der Waals surface area contributed by atoms with Crippen LogP contribution in [0.15, 0.2) is 18.2 Å². The van der Waals surface area contributed by atoms with Crippen LogP contribution < -0.4 is 10.1 Å². The van der Waals surface area contributed by atoms with E-state index in [0.717, 1.165) is 12.8 Å². The number of methoxy groups -OCH3 is 1. The molecule has 8 heteroatoms. The first kappa shape index (κ1) is 21.2. The summed E-state index contributed by atoms with van der Waals surface area (Å²) < 4.78 is 18.3. The van der Waals surface area contributed by atoms with Crippen LogP contribution in [-0.4, -0.2) is 48.9 Å². The van der Waals surface area contributed by atoms with Gasteiger partial charge in [-0.05, 0) is 55.1 Å². The van der Waals surface area contributed by atoms with Crippen molar-refractivity contribution in [2.24, 2.45) is 17.3 Å². The minimum atomic E-state index is -1.06. The van der Waals surface area contributed by atoms with Crippen molar-refractivity contribution in [2.45, 2.75) is 64.6 Å². The molecule has 30 heavy (non-hydrogen) atoms. The number of rotatable bonds is 6. The fraction of sp³-hybridized carbons (Fsp3) is 0.636. The molecule has 0 radical (unpaired) electrons. The molecule has 162 valence electrons. The van der Waals surface area contributed by atoms with E-state index in [-0.39, 0.29) is 28.6 Å². The van der Waals surface area contributed by atoms with Crippen LogP contribution in [0.5, 0.6) is 5.75 Å². The van der Waals surface area contributed by atoms with Crippen LogP contribution in [0.25, 0.3) is 0 Å². The molecule has 5 rings (SSSR count). The largest absolute Gasteiger partial charge is 0.496 e. The molecule has 5 atom stereocenters. The Kier molecular flexibility index (Phi) is 5.14. The van der Waals surface area contributed by atoms with Crippen LogP contribution in [0.3, 0.4) is 0 Å². The molecule has 0 spiro atoms. The van der Waals surface area contributed by atoms with Crippen LogP contribution in [0.2, 0.25) is 0 Å². The highest BCUT2D eigenvalue weighted by molar-refractivity contribution is 6.48. The van der Waals surface area contributed by atoms with Crippen molar-refractivity contribution in [1.82, 2.24) is 5.32 Å². The lowest BCUT2D eigenvalue weighted by Crippen LogP contribution is -2.65. The number of amides is 1. The summed E-state index contributed by atoms with van der Waals surface area (Å²) in [5.41, 5.74) is 0.625. The Morgan fingerprint density at radius 2 is 2.07 bits per heavy atom. The van der Waals surface area contributed by atoms with E-state index in [0.29, 0.717) is 29.6 Å². The Morgan fingerprint density at radius 1 is 1.33 bits per heavy atom. The van der Waals surface area contributed by atoms with Gasteiger partial charge < -0.3 is 24.5 Å². The van der Waals surface area contributed by atoms with E-state index in [1.807, 2.05) is 6.07 Å². The standard InChI is InChI=1S/C22H30BNO6/c1-12(25)24-18(9-13-7-6-8-15(20(26)27)19(13)28-5)23-29-17-11-14-10-16(21(14,2)3)22(17,4)30-23/h6-8,14,16-18H,9-11H2,1-5H3,(H,24,25)(H,26,27). The van der Waals surface area contributed by atoms with Crippen LogP contribution in [0.4, 0.5) is 0 Å². The first-order valence-corrected chi connectivity index (χ1v) is 10.6. The summed E-state index contributed by atoms with van der Waals surface area (Å²) in [5, 5.41) is 12.4. The summed E-state index contributed by atoms with van der Waals surface area (Å²) in [5.74, 6) is -0.353. The number of carboxylic acids is 1. The average molecular weight is 415 g/mol. The summed E-state index contributed by atoms with van der Waals surface area (Å²) in [6.45, 7) is 8.20. The van der Waals surface area contributed by atoms with Crippen molar-refractivity contribution < 1.29 is 28.7 Å². The number of para-hydroxylation sites is 1. The van der Waals surface area contributed by atoms with E-state index in [1.54, 1.807) is 6.07 Å². The third-order valence-corrected chi connectivity index (χ3v) is 7.66. The highest BCUT2D eigenvalue weighted by atomic mass is 16.7. The smallest absolute Gasteiger partial charge is 0.482 e. The summed E-state index contributed by atoms with van der Waals surface area (Å²) in [7, 11) is 0.851. The van der Waals surface area contributed by atoms with Crippen molar-refractivity contribution >= 4 is 19.0 Å². The quantitative estimate of drug-likeness (QED) is 0.694. The van der Waals surface area contributed by atoms with Gasteiger partial charge in [-0.25, -0.2) is 4.79 Å². The molecule has 7 nitrogen and oxygen atoms in total. The maximum Gasteiger partial charge on any atom is 0.482 e. The van der Waals surface area contributed by atoms with Crippen molar-refractivity contribution in [1.29, 1.82) is 0 Å². The predicted molar refractivity (Wildman–Crippen MR) is 111 cm³/mol. The van der Waals surface area contributed by atoms with Gasteiger partial charge in [0.2, 0.25) is 5.91 Å². The normalized spacial score (nSPS) is 32.0. The first-order chi connectivity index (χ1) is 14.1. The molecule has 4 fully saturated rings. The molecule has 1 aromatic carbocycles. The van der Waals surface area contributed by atoms with E-state index in [9.17, 15) is 14.7 Å². The molecule has 0 aromatic heterocycles. The zero-order valence-corrected chi connectivity index (χ0v) is 18.2. The summed E-state index contributed by atoms with van der Waals surface area (Å²) >= 11 is 0. The van der Waals surface area contributed by atoms with Crippen molar-refractivity contribution in [2.75, 3.05) is 7.11 Å². The van der Waals surface area contributed by atoms with E-state index in [2.05, 4.69) is 26.1 Å². The van der Waals surface area contributed by atoms with Gasteiger partial charge in [0, 0.05) is 6.92 Å². The summed E-state index contributed by atoms with van der Waals surface area (Å²) in [4.78, 5) is 23.5. The van der Waals surface area contributed by atoms with Gasteiger partial charge in [-0.1, -0.05) is 26.0 Å². The Balaban J connectivity index is 1.60. The highest BCUT2D eigenvalue weighted by Gasteiger charge is 2.68. The van der Waals surface area contributed by atoms with Gasteiger partial charge in [0.1, 0.15) is 11.3 Å². The SMILES string of the molecule is COc1c(CC(NC(C)=O)B2OC3CC4CC(C4(C)C)C3(C)O2)cccc1C(=O)O. The molecule has 2 bridgehead atoms. The Labute approximate surface area is 177 Å². The maximum absolute atomic E-state index is 12.0. The first-order valence-electron chi connectivity index (χ1n) is 10.6. The number of carbonyl (C=O) groups is 2. The zero-order valence-electron chi connectivity index (χ0n) is 18.2.